The number of fused-ring (bicyclic) bond motifs is 2. The monoisotopic (exact) mass is 498 g/mol. The maximum Gasteiger partial charge on any atom is 0.300 e. The van der Waals surface area contributed by atoms with E-state index in [0.29, 0.717) is 17.9 Å². The number of rotatable bonds is 8. The van der Waals surface area contributed by atoms with Crippen LogP contribution in [-0.4, -0.2) is 51.0 Å². The van der Waals surface area contributed by atoms with Gasteiger partial charge in [0.25, 0.3) is 6.01 Å². The molecule has 3 aromatic heterocycles. The molecular formula is C27H30N8O2. The summed E-state index contributed by atoms with van der Waals surface area (Å²) in [5, 5.41) is 12.6. The molecule has 3 heterocycles. The fourth-order valence-corrected chi connectivity index (χ4v) is 5.10. The lowest BCUT2D eigenvalue weighted by molar-refractivity contribution is 0.188. The van der Waals surface area contributed by atoms with E-state index in [9.17, 15) is 0 Å². The number of aromatic nitrogens is 5. The van der Waals surface area contributed by atoms with Crippen LogP contribution in [0.3, 0.4) is 0 Å². The predicted octanol–water partition coefficient (Wildman–Crippen LogP) is 4.68. The number of para-hydroxylation sites is 2. The fourth-order valence-electron chi connectivity index (χ4n) is 5.10. The van der Waals surface area contributed by atoms with E-state index in [1.165, 1.54) is 6.33 Å². The van der Waals surface area contributed by atoms with Crippen molar-refractivity contribution in [3.8, 4) is 11.3 Å². The standard InChI is InChI=1S/C27H30N8O2/c1-36-15-14-29-18-10-12-20(13-11-18)35-26-23(25(28)30-16-31-26)24(34-35)17-6-8-19(9-7-17)32-27-33-21-4-2-3-5-22(21)37-27/h2-9,16,18,20,29H,10-15H2,1H3,(H,32,33)(H2,28,30,31)/t18-,20+. The molecule has 1 fully saturated rings. The second-order valence-electron chi connectivity index (χ2n) is 9.39. The van der Waals surface area contributed by atoms with E-state index in [1.54, 1.807) is 7.11 Å². The van der Waals surface area contributed by atoms with Gasteiger partial charge in [-0.25, -0.2) is 14.6 Å². The number of nitrogen functional groups attached to an aromatic ring is 1. The minimum Gasteiger partial charge on any atom is -0.423 e. The van der Waals surface area contributed by atoms with Crippen LogP contribution in [0.25, 0.3) is 33.4 Å². The number of hydrogen-bond donors (Lipinski definition) is 3. The van der Waals surface area contributed by atoms with Crippen molar-refractivity contribution in [3.63, 3.8) is 0 Å². The van der Waals surface area contributed by atoms with Crippen molar-refractivity contribution in [2.75, 3.05) is 31.3 Å². The van der Waals surface area contributed by atoms with Gasteiger partial charge in [-0.05, 0) is 49.9 Å². The molecule has 6 rings (SSSR count). The summed E-state index contributed by atoms with van der Waals surface area (Å²) in [6, 6.07) is 16.9. The average Bonchev–Trinajstić information content (AvgIpc) is 3.52. The molecule has 0 aliphatic heterocycles. The molecule has 0 saturated heterocycles. The van der Waals surface area contributed by atoms with Gasteiger partial charge in [-0.2, -0.15) is 10.1 Å². The van der Waals surface area contributed by atoms with Gasteiger partial charge in [-0.3, -0.25) is 0 Å². The van der Waals surface area contributed by atoms with E-state index in [-0.39, 0.29) is 6.04 Å². The first-order valence-electron chi connectivity index (χ1n) is 12.6. The Morgan fingerprint density at radius 1 is 1.05 bits per heavy atom. The molecule has 37 heavy (non-hydrogen) atoms. The number of oxazole rings is 1. The molecular weight excluding hydrogens is 468 g/mol. The van der Waals surface area contributed by atoms with Gasteiger partial charge < -0.3 is 25.5 Å². The lowest BCUT2D eigenvalue weighted by Gasteiger charge is -2.29. The van der Waals surface area contributed by atoms with Gasteiger partial charge in [-0.1, -0.05) is 24.3 Å². The van der Waals surface area contributed by atoms with Crippen molar-refractivity contribution in [2.24, 2.45) is 0 Å². The minimum absolute atomic E-state index is 0.270. The van der Waals surface area contributed by atoms with Gasteiger partial charge in [0, 0.05) is 30.9 Å². The Kier molecular flexibility index (Phi) is 6.42. The van der Waals surface area contributed by atoms with Crippen LogP contribution in [-0.2, 0) is 4.74 Å². The fraction of sp³-hybridized carbons (Fsp3) is 0.333. The van der Waals surface area contributed by atoms with Crippen LogP contribution in [0.15, 0.2) is 59.3 Å². The van der Waals surface area contributed by atoms with Crippen LogP contribution in [0, 0.1) is 0 Å². The Bertz CT molecular complexity index is 1470. The molecule has 0 amide bonds. The summed E-state index contributed by atoms with van der Waals surface area (Å²) >= 11 is 0. The van der Waals surface area contributed by atoms with Gasteiger partial charge in [0.1, 0.15) is 23.4 Å². The van der Waals surface area contributed by atoms with Crippen LogP contribution in [0.5, 0.6) is 0 Å². The van der Waals surface area contributed by atoms with Crippen molar-refractivity contribution >= 4 is 39.7 Å². The smallest absolute Gasteiger partial charge is 0.300 e. The Labute approximate surface area is 214 Å². The molecule has 190 valence electrons. The van der Waals surface area contributed by atoms with E-state index < -0.39 is 0 Å². The van der Waals surface area contributed by atoms with Crippen LogP contribution in [0.4, 0.5) is 17.5 Å². The number of ether oxygens (including phenoxy) is 1. The zero-order valence-electron chi connectivity index (χ0n) is 20.7. The van der Waals surface area contributed by atoms with Crippen molar-refractivity contribution in [3.05, 3.63) is 54.9 Å². The number of methoxy groups -OCH3 is 1. The molecule has 0 spiro atoms. The molecule has 2 aromatic carbocycles. The van der Waals surface area contributed by atoms with Gasteiger partial charge >= 0.3 is 0 Å². The molecule has 0 unspecified atom stereocenters. The summed E-state index contributed by atoms with van der Waals surface area (Å²) in [5.41, 5.74) is 11.3. The Hall–Kier alpha value is -4.02. The molecule has 1 aliphatic rings. The minimum atomic E-state index is 0.270. The predicted molar refractivity (Wildman–Crippen MR) is 144 cm³/mol. The third kappa shape index (κ3) is 4.73. The second kappa shape index (κ2) is 10.2. The number of nitrogens with zero attached hydrogens (tertiary/aromatic N) is 5. The van der Waals surface area contributed by atoms with Crippen molar-refractivity contribution < 1.29 is 9.15 Å². The summed E-state index contributed by atoms with van der Waals surface area (Å²) in [5.74, 6) is 0.440. The Morgan fingerprint density at radius 3 is 2.65 bits per heavy atom. The third-order valence-electron chi connectivity index (χ3n) is 7.00. The first kappa shape index (κ1) is 23.4. The highest BCUT2D eigenvalue weighted by Crippen LogP contribution is 2.36. The zero-order chi connectivity index (χ0) is 25.2. The molecule has 4 N–H and O–H groups in total. The summed E-state index contributed by atoms with van der Waals surface area (Å²) in [6.45, 7) is 1.61. The summed E-state index contributed by atoms with van der Waals surface area (Å²) < 4.78 is 13.0. The molecule has 10 heteroatoms. The SMILES string of the molecule is COCCN[C@H]1CC[C@@H](n2nc(-c3ccc(Nc4nc5ccccc5o4)cc3)c3c(N)ncnc32)CC1. The second-order valence-corrected chi connectivity index (χ2v) is 9.39. The molecule has 0 bridgehead atoms. The van der Waals surface area contributed by atoms with Gasteiger partial charge in [0.15, 0.2) is 11.2 Å². The first-order valence-corrected chi connectivity index (χ1v) is 12.6. The average molecular weight is 499 g/mol. The first-order chi connectivity index (χ1) is 18.2. The van der Waals surface area contributed by atoms with E-state index in [0.717, 1.165) is 77.9 Å². The highest BCUT2D eigenvalue weighted by atomic mass is 16.5. The van der Waals surface area contributed by atoms with Crippen molar-refractivity contribution in [1.82, 2.24) is 30.0 Å². The number of hydrogen-bond acceptors (Lipinski definition) is 9. The molecule has 5 aromatic rings. The molecule has 0 radical (unpaired) electrons. The van der Waals surface area contributed by atoms with E-state index in [2.05, 4.69) is 30.3 Å². The molecule has 10 nitrogen and oxygen atoms in total. The maximum atomic E-state index is 6.34. The Balaban J connectivity index is 1.24. The Morgan fingerprint density at radius 2 is 1.86 bits per heavy atom. The van der Waals surface area contributed by atoms with Crippen LogP contribution < -0.4 is 16.4 Å². The zero-order valence-corrected chi connectivity index (χ0v) is 20.7. The molecule has 1 saturated carbocycles. The number of nitrogens with one attached hydrogen (secondary N) is 2. The van der Waals surface area contributed by atoms with Gasteiger partial charge in [0.05, 0.1) is 18.0 Å². The lowest BCUT2D eigenvalue weighted by Crippen LogP contribution is -2.35. The largest absolute Gasteiger partial charge is 0.423 e. The maximum absolute atomic E-state index is 6.34. The van der Waals surface area contributed by atoms with Crippen LogP contribution in [0.1, 0.15) is 31.7 Å². The van der Waals surface area contributed by atoms with Crippen LogP contribution >= 0.6 is 0 Å². The normalized spacial score (nSPS) is 18.0. The molecule has 0 atom stereocenters. The molecule has 1 aliphatic carbocycles. The van der Waals surface area contributed by atoms with Crippen LogP contribution in [0.2, 0.25) is 0 Å². The number of benzene rings is 2. The summed E-state index contributed by atoms with van der Waals surface area (Å²) in [6.07, 6.45) is 5.74. The highest BCUT2D eigenvalue weighted by molar-refractivity contribution is 5.98. The number of anilines is 3. The van der Waals surface area contributed by atoms with Crippen molar-refractivity contribution in [2.45, 2.75) is 37.8 Å². The summed E-state index contributed by atoms with van der Waals surface area (Å²) in [4.78, 5) is 13.3. The summed E-state index contributed by atoms with van der Waals surface area (Å²) in [7, 11) is 1.73. The van der Waals surface area contributed by atoms with E-state index >= 15 is 0 Å². The van der Waals surface area contributed by atoms with Gasteiger partial charge in [-0.15, -0.1) is 0 Å². The van der Waals surface area contributed by atoms with Gasteiger partial charge in [0.2, 0.25) is 0 Å². The van der Waals surface area contributed by atoms with E-state index in [4.69, 9.17) is 20.0 Å². The quantitative estimate of drug-likeness (QED) is 0.261. The third-order valence-corrected chi connectivity index (χ3v) is 7.00. The lowest BCUT2D eigenvalue weighted by atomic mass is 9.91. The van der Waals surface area contributed by atoms with E-state index in [1.807, 2.05) is 48.5 Å². The van der Waals surface area contributed by atoms with Crippen molar-refractivity contribution in [1.29, 1.82) is 0 Å². The number of nitrogens with two attached hydrogens (primary N) is 1. The topological polar surface area (TPSA) is 129 Å². The highest BCUT2D eigenvalue weighted by Gasteiger charge is 2.26.